The Morgan fingerprint density at radius 2 is 1.89 bits per heavy atom. The molecule has 0 aliphatic rings. The fraction of sp³-hybridized carbons (Fsp3) is 0.105. The van der Waals surface area contributed by atoms with Crippen molar-refractivity contribution in [3.8, 4) is 5.69 Å². The number of esters is 1. The lowest BCUT2D eigenvalue weighted by molar-refractivity contribution is -0.143. The van der Waals surface area contributed by atoms with Gasteiger partial charge in [0.05, 0.1) is 22.5 Å². The van der Waals surface area contributed by atoms with Crippen molar-refractivity contribution >= 4 is 35.1 Å². The lowest BCUT2D eigenvalue weighted by Gasteiger charge is -2.06. The molecular weight excluding hydrogens is 389 g/mol. The number of carbonyl (C=O) groups is 2. The van der Waals surface area contributed by atoms with E-state index in [0.29, 0.717) is 15.7 Å². The molecule has 1 heterocycles. The Hall–Kier alpha value is -2.83. The van der Waals surface area contributed by atoms with Crippen LogP contribution in [0.25, 0.3) is 5.69 Å². The van der Waals surface area contributed by atoms with Crippen LogP contribution in [0.2, 0.25) is 10.0 Å². The molecule has 0 unspecified atom stereocenters. The standard InChI is InChI=1S/C19H15Cl2N3O3/c20-15-6-7-17(16(21)8-15)24-11-14(9-23-24)19(26)22-10-18(25)27-12-13-4-2-1-3-5-13/h1-9,11H,10,12H2,(H,22,26). The van der Waals surface area contributed by atoms with Gasteiger partial charge < -0.3 is 10.1 Å². The highest BCUT2D eigenvalue weighted by atomic mass is 35.5. The SMILES string of the molecule is O=C(CNC(=O)c1cnn(-c2ccc(Cl)cc2Cl)c1)OCc1ccccc1. The maximum absolute atomic E-state index is 12.2. The van der Waals surface area contributed by atoms with Gasteiger partial charge in [0.15, 0.2) is 0 Å². The van der Waals surface area contributed by atoms with Crippen molar-refractivity contribution in [1.29, 1.82) is 0 Å². The number of benzene rings is 2. The van der Waals surface area contributed by atoms with Crippen LogP contribution in [-0.2, 0) is 16.1 Å². The van der Waals surface area contributed by atoms with Crippen LogP contribution in [0.5, 0.6) is 0 Å². The molecule has 1 aromatic heterocycles. The smallest absolute Gasteiger partial charge is 0.325 e. The van der Waals surface area contributed by atoms with Gasteiger partial charge in [-0.3, -0.25) is 9.59 Å². The largest absolute Gasteiger partial charge is 0.460 e. The molecule has 6 nitrogen and oxygen atoms in total. The van der Waals surface area contributed by atoms with Gasteiger partial charge in [0.25, 0.3) is 5.91 Å². The molecule has 138 valence electrons. The molecule has 0 aliphatic carbocycles. The summed E-state index contributed by atoms with van der Waals surface area (Å²) in [5.41, 5.74) is 1.75. The summed E-state index contributed by atoms with van der Waals surface area (Å²) >= 11 is 12.0. The quantitative estimate of drug-likeness (QED) is 0.637. The minimum Gasteiger partial charge on any atom is -0.460 e. The maximum Gasteiger partial charge on any atom is 0.325 e. The van der Waals surface area contributed by atoms with Crippen molar-refractivity contribution in [1.82, 2.24) is 15.1 Å². The molecule has 0 spiro atoms. The van der Waals surface area contributed by atoms with E-state index < -0.39 is 11.9 Å². The number of ether oxygens (including phenoxy) is 1. The third-order valence-electron chi connectivity index (χ3n) is 3.64. The summed E-state index contributed by atoms with van der Waals surface area (Å²) in [6, 6.07) is 14.2. The van der Waals surface area contributed by atoms with Gasteiger partial charge in [0, 0.05) is 11.2 Å². The van der Waals surface area contributed by atoms with Gasteiger partial charge in [-0.05, 0) is 23.8 Å². The normalized spacial score (nSPS) is 10.4. The van der Waals surface area contributed by atoms with Crippen molar-refractivity contribution in [3.05, 3.63) is 82.1 Å². The van der Waals surface area contributed by atoms with Gasteiger partial charge in [-0.2, -0.15) is 5.10 Å². The number of rotatable bonds is 6. The molecule has 27 heavy (non-hydrogen) atoms. The van der Waals surface area contributed by atoms with E-state index in [0.717, 1.165) is 5.56 Å². The number of amides is 1. The van der Waals surface area contributed by atoms with Gasteiger partial charge in [0.1, 0.15) is 13.2 Å². The fourth-order valence-electron chi connectivity index (χ4n) is 2.28. The van der Waals surface area contributed by atoms with Crippen molar-refractivity contribution in [2.75, 3.05) is 6.54 Å². The Labute approximate surface area is 165 Å². The third-order valence-corrected chi connectivity index (χ3v) is 4.18. The van der Waals surface area contributed by atoms with Gasteiger partial charge in [0.2, 0.25) is 0 Å². The van der Waals surface area contributed by atoms with Crippen LogP contribution >= 0.6 is 23.2 Å². The first kappa shape index (κ1) is 18.9. The number of hydrogen-bond donors (Lipinski definition) is 1. The summed E-state index contributed by atoms with van der Waals surface area (Å²) in [4.78, 5) is 23.9. The Kier molecular flexibility index (Phi) is 6.11. The van der Waals surface area contributed by atoms with E-state index in [4.69, 9.17) is 27.9 Å². The van der Waals surface area contributed by atoms with Crippen LogP contribution < -0.4 is 5.32 Å². The van der Waals surface area contributed by atoms with Crippen LogP contribution in [0, 0.1) is 0 Å². The number of carbonyl (C=O) groups excluding carboxylic acids is 2. The lowest BCUT2D eigenvalue weighted by Crippen LogP contribution is -2.30. The van der Waals surface area contributed by atoms with Gasteiger partial charge in [-0.25, -0.2) is 4.68 Å². The third kappa shape index (κ3) is 5.09. The van der Waals surface area contributed by atoms with E-state index in [1.807, 2.05) is 30.3 Å². The second-order valence-corrected chi connectivity index (χ2v) is 6.44. The summed E-state index contributed by atoms with van der Waals surface area (Å²) in [6.07, 6.45) is 2.90. The summed E-state index contributed by atoms with van der Waals surface area (Å²) in [5.74, 6) is -0.969. The van der Waals surface area contributed by atoms with Crippen LogP contribution in [0.15, 0.2) is 60.9 Å². The first-order valence-electron chi connectivity index (χ1n) is 8.01. The average Bonchev–Trinajstić information content (AvgIpc) is 3.15. The number of nitrogens with zero attached hydrogens (tertiary/aromatic N) is 2. The van der Waals surface area contributed by atoms with Gasteiger partial charge in [-0.1, -0.05) is 53.5 Å². The molecule has 0 bridgehead atoms. The van der Waals surface area contributed by atoms with Crippen LogP contribution in [-0.4, -0.2) is 28.2 Å². The summed E-state index contributed by atoms with van der Waals surface area (Å²) < 4.78 is 6.57. The maximum atomic E-state index is 12.2. The van der Waals surface area contributed by atoms with Crippen molar-refractivity contribution in [3.63, 3.8) is 0 Å². The molecule has 0 radical (unpaired) electrons. The zero-order valence-electron chi connectivity index (χ0n) is 14.1. The molecule has 1 N–H and O–H groups in total. The minimum atomic E-state index is -0.527. The summed E-state index contributed by atoms with van der Waals surface area (Å²) in [7, 11) is 0. The van der Waals surface area contributed by atoms with E-state index in [-0.39, 0.29) is 18.7 Å². The van der Waals surface area contributed by atoms with Crippen molar-refractivity contribution in [2.24, 2.45) is 0 Å². The summed E-state index contributed by atoms with van der Waals surface area (Å²) in [6.45, 7) is -0.0823. The Balaban J connectivity index is 1.54. The predicted octanol–water partition coefficient (Wildman–Crippen LogP) is 3.65. The molecule has 1 amide bonds. The topological polar surface area (TPSA) is 73.2 Å². The highest BCUT2D eigenvalue weighted by Gasteiger charge is 2.13. The summed E-state index contributed by atoms with van der Waals surface area (Å²) in [5, 5.41) is 7.52. The molecule has 3 rings (SSSR count). The molecule has 0 fully saturated rings. The highest BCUT2D eigenvalue weighted by Crippen LogP contribution is 2.24. The van der Waals surface area contributed by atoms with E-state index in [9.17, 15) is 9.59 Å². The fourth-order valence-corrected chi connectivity index (χ4v) is 2.78. The zero-order valence-corrected chi connectivity index (χ0v) is 15.6. The Bertz CT molecular complexity index is 958. The van der Waals surface area contributed by atoms with Crippen molar-refractivity contribution < 1.29 is 14.3 Å². The molecule has 2 aromatic carbocycles. The van der Waals surface area contributed by atoms with Crippen molar-refractivity contribution in [2.45, 2.75) is 6.61 Å². The first-order chi connectivity index (χ1) is 13.0. The monoisotopic (exact) mass is 403 g/mol. The average molecular weight is 404 g/mol. The highest BCUT2D eigenvalue weighted by molar-refractivity contribution is 6.35. The van der Waals surface area contributed by atoms with Gasteiger partial charge >= 0.3 is 5.97 Å². The van der Waals surface area contributed by atoms with E-state index in [2.05, 4.69) is 10.4 Å². The number of hydrogen-bond acceptors (Lipinski definition) is 4. The Morgan fingerprint density at radius 3 is 2.63 bits per heavy atom. The Morgan fingerprint density at radius 1 is 1.11 bits per heavy atom. The second kappa shape index (κ2) is 8.70. The molecule has 8 heteroatoms. The van der Waals surface area contributed by atoms with E-state index in [1.165, 1.54) is 17.1 Å². The lowest BCUT2D eigenvalue weighted by atomic mass is 10.2. The first-order valence-corrected chi connectivity index (χ1v) is 8.76. The molecule has 0 atom stereocenters. The number of aromatic nitrogens is 2. The van der Waals surface area contributed by atoms with Crippen LogP contribution in [0.4, 0.5) is 0 Å². The molecular formula is C19H15Cl2N3O3. The van der Waals surface area contributed by atoms with Gasteiger partial charge in [-0.15, -0.1) is 0 Å². The van der Waals surface area contributed by atoms with Crippen LogP contribution in [0.3, 0.4) is 0 Å². The molecule has 0 saturated heterocycles. The van der Waals surface area contributed by atoms with Crippen LogP contribution in [0.1, 0.15) is 15.9 Å². The van der Waals surface area contributed by atoms with E-state index in [1.54, 1.807) is 18.2 Å². The molecule has 0 saturated carbocycles. The predicted molar refractivity (Wildman–Crippen MR) is 102 cm³/mol. The molecule has 3 aromatic rings. The van der Waals surface area contributed by atoms with E-state index >= 15 is 0 Å². The number of nitrogens with one attached hydrogen (secondary N) is 1. The number of halogens is 2. The zero-order chi connectivity index (χ0) is 19.2. The second-order valence-electron chi connectivity index (χ2n) is 5.60. The molecule has 0 aliphatic heterocycles. The minimum absolute atomic E-state index is 0.155.